The summed E-state index contributed by atoms with van der Waals surface area (Å²) < 4.78 is 51.4. The predicted octanol–water partition coefficient (Wildman–Crippen LogP) is 3.93. The van der Waals surface area contributed by atoms with Crippen LogP contribution >= 0.6 is 15.9 Å². The van der Waals surface area contributed by atoms with Crippen LogP contribution in [0.3, 0.4) is 0 Å². The van der Waals surface area contributed by atoms with Crippen molar-refractivity contribution >= 4 is 27.5 Å². The number of amides is 1. The number of carbonyl (C=O) groups excluding carboxylic acids is 1. The third kappa shape index (κ3) is 2.55. The van der Waals surface area contributed by atoms with E-state index in [1.54, 1.807) is 7.05 Å². The summed E-state index contributed by atoms with van der Waals surface area (Å²) in [5.41, 5.74) is 1.42. The maximum atomic E-state index is 13.3. The van der Waals surface area contributed by atoms with E-state index in [9.17, 15) is 22.4 Å². The fourth-order valence-electron chi connectivity index (χ4n) is 2.17. The van der Waals surface area contributed by atoms with E-state index in [0.29, 0.717) is 17.7 Å². The molecule has 2 nitrogen and oxygen atoms in total. The maximum Gasteiger partial charge on any atom is 0.323 e. The molecule has 0 radical (unpaired) electrons. The SMILES string of the molecule is CN1C(=O)CCc2cc(C(Br)C(F)(F)C(F)F)ccc21. The first-order valence-corrected chi connectivity index (χ1v) is 6.86. The third-order valence-electron chi connectivity index (χ3n) is 3.37. The van der Waals surface area contributed by atoms with Gasteiger partial charge in [-0.3, -0.25) is 4.79 Å². The summed E-state index contributed by atoms with van der Waals surface area (Å²) >= 11 is 2.65. The molecule has 0 saturated carbocycles. The molecule has 2 rings (SSSR count). The van der Waals surface area contributed by atoms with Crippen LogP contribution in [-0.4, -0.2) is 25.3 Å². The molecule has 1 heterocycles. The quantitative estimate of drug-likeness (QED) is 0.595. The zero-order valence-electron chi connectivity index (χ0n) is 10.5. The molecular formula is C13H12BrF4NO. The van der Waals surface area contributed by atoms with Crippen LogP contribution in [0.25, 0.3) is 0 Å². The number of benzene rings is 1. The van der Waals surface area contributed by atoms with Gasteiger partial charge < -0.3 is 4.90 Å². The van der Waals surface area contributed by atoms with Crippen molar-refractivity contribution in [3.05, 3.63) is 29.3 Å². The molecule has 1 aliphatic rings. The van der Waals surface area contributed by atoms with E-state index < -0.39 is 17.2 Å². The van der Waals surface area contributed by atoms with Crippen LogP contribution in [0.1, 0.15) is 22.4 Å². The summed E-state index contributed by atoms with van der Waals surface area (Å²) in [5.74, 6) is -4.21. The number of aryl methyl sites for hydroxylation is 1. The van der Waals surface area contributed by atoms with Gasteiger partial charge in [0.1, 0.15) is 4.83 Å². The smallest absolute Gasteiger partial charge is 0.315 e. The minimum atomic E-state index is -4.15. The molecule has 0 bridgehead atoms. The van der Waals surface area contributed by atoms with Crippen molar-refractivity contribution in [1.82, 2.24) is 0 Å². The summed E-state index contributed by atoms with van der Waals surface area (Å²) in [6.07, 6.45) is -3.04. The number of rotatable bonds is 3. The molecule has 1 aromatic carbocycles. The number of fused-ring (bicyclic) bond motifs is 1. The fraction of sp³-hybridized carbons (Fsp3) is 0.462. The summed E-state index contributed by atoms with van der Waals surface area (Å²) in [5, 5.41) is 0. The Morgan fingerprint density at radius 2 is 1.95 bits per heavy atom. The molecule has 7 heteroatoms. The topological polar surface area (TPSA) is 20.3 Å². The van der Waals surface area contributed by atoms with Crippen LogP contribution in [0.4, 0.5) is 23.2 Å². The second kappa shape index (κ2) is 5.35. The predicted molar refractivity (Wildman–Crippen MR) is 70.8 cm³/mol. The molecule has 110 valence electrons. The van der Waals surface area contributed by atoms with Crippen molar-refractivity contribution in [2.75, 3.05) is 11.9 Å². The van der Waals surface area contributed by atoms with Gasteiger partial charge in [-0.2, -0.15) is 8.78 Å². The highest BCUT2D eigenvalue weighted by Gasteiger charge is 2.48. The van der Waals surface area contributed by atoms with Gasteiger partial charge in [0.05, 0.1) is 0 Å². The standard InChI is InChI=1S/C13H12BrF4NO/c1-19-9-4-2-8(6-7(9)3-5-10(19)20)11(14)13(17,18)12(15)16/h2,4,6,11-12H,3,5H2,1H3. The zero-order chi connectivity index (χ0) is 15.1. The molecule has 0 aromatic heterocycles. The van der Waals surface area contributed by atoms with Gasteiger partial charge in [0.15, 0.2) is 0 Å². The Labute approximate surface area is 121 Å². The number of hydrogen-bond donors (Lipinski definition) is 0. The summed E-state index contributed by atoms with van der Waals surface area (Å²) in [4.78, 5) is 11.2. The largest absolute Gasteiger partial charge is 0.323 e. The van der Waals surface area contributed by atoms with E-state index >= 15 is 0 Å². The molecule has 0 saturated heterocycles. The second-order valence-corrected chi connectivity index (χ2v) is 5.59. The fourth-order valence-corrected chi connectivity index (χ4v) is 2.65. The zero-order valence-corrected chi connectivity index (χ0v) is 12.1. The monoisotopic (exact) mass is 353 g/mol. The Hall–Kier alpha value is -1.11. The van der Waals surface area contributed by atoms with Crippen molar-refractivity contribution in [2.24, 2.45) is 0 Å². The molecule has 1 aromatic rings. The normalized spacial score (nSPS) is 17.4. The maximum absolute atomic E-state index is 13.3. The first-order chi connectivity index (χ1) is 9.25. The lowest BCUT2D eigenvalue weighted by molar-refractivity contribution is -0.127. The van der Waals surface area contributed by atoms with E-state index in [0.717, 1.165) is 0 Å². The lowest BCUT2D eigenvalue weighted by Gasteiger charge is -2.28. The Morgan fingerprint density at radius 1 is 1.30 bits per heavy atom. The van der Waals surface area contributed by atoms with Crippen molar-refractivity contribution in [3.8, 4) is 0 Å². The van der Waals surface area contributed by atoms with E-state index in [1.165, 1.54) is 23.1 Å². The van der Waals surface area contributed by atoms with Crippen LogP contribution in [0.15, 0.2) is 18.2 Å². The average molecular weight is 354 g/mol. The summed E-state index contributed by atoms with van der Waals surface area (Å²) in [7, 11) is 1.60. The number of hydrogen-bond acceptors (Lipinski definition) is 1. The van der Waals surface area contributed by atoms with Crippen molar-refractivity contribution in [2.45, 2.75) is 30.0 Å². The van der Waals surface area contributed by atoms with Gasteiger partial charge in [0.2, 0.25) is 5.91 Å². The van der Waals surface area contributed by atoms with Gasteiger partial charge in [0.25, 0.3) is 0 Å². The molecular weight excluding hydrogens is 342 g/mol. The number of alkyl halides is 5. The third-order valence-corrected chi connectivity index (χ3v) is 4.51. The molecule has 1 amide bonds. The van der Waals surface area contributed by atoms with Crippen molar-refractivity contribution < 1.29 is 22.4 Å². The lowest BCUT2D eigenvalue weighted by Crippen LogP contribution is -2.33. The van der Waals surface area contributed by atoms with Crippen LogP contribution in [0.5, 0.6) is 0 Å². The van der Waals surface area contributed by atoms with Gasteiger partial charge in [-0.25, -0.2) is 8.78 Å². The van der Waals surface area contributed by atoms with Crippen molar-refractivity contribution in [1.29, 1.82) is 0 Å². The summed E-state index contributed by atoms with van der Waals surface area (Å²) in [6.45, 7) is 0. The van der Waals surface area contributed by atoms with Crippen LogP contribution < -0.4 is 4.90 Å². The van der Waals surface area contributed by atoms with Crippen LogP contribution in [0, 0.1) is 0 Å². The lowest BCUT2D eigenvalue weighted by atomic mass is 9.97. The molecule has 0 aliphatic carbocycles. The van der Waals surface area contributed by atoms with Gasteiger partial charge in [-0.15, -0.1) is 0 Å². The Bertz CT molecular complexity index is 535. The number of halogens is 5. The number of carbonyl (C=O) groups is 1. The number of nitrogens with zero attached hydrogens (tertiary/aromatic N) is 1. The molecule has 0 fully saturated rings. The van der Waals surface area contributed by atoms with E-state index in [-0.39, 0.29) is 17.9 Å². The molecule has 20 heavy (non-hydrogen) atoms. The number of anilines is 1. The highest BCUT2D eigenvalue weighted by atomic mass is 79.9. The van der Waals surface area contributed by atoms with Gasteiger partial charge in [-0.1, -0.05) is 28.1 Å². The molecule has 0 spiro atoms. The molecule has 1 aliphatic heterocycles. The first kappa shape index (κ1) is 15.3. The Morgan fingerprint density at radius 3 is 2.55 bits per heavy atom. The minimum absolute atomic E-state index is 0.0569. The highest BCUT2D eigenvalue weighted by molar-refractivity contribution is 9.09. The minimum Gasteiger partial charge on any atom is -0.315 e. The summed E-state index contributed by atoms with van der Waals surface area (Å²) in [6, 6.07) is 4.30. The van der Waals surface area contributed by atoms with E-state index in [2.05, 4.69) is 15.9 Å². The molecule has 1 unspecified atom stereocenters. The van der Waals surface area contributed by atoms with Gasteiger partial charge in [-0.05, 0) is 23.6 Å². The highest BCUT2D eigenvalue weighted by Crippen LogP contribution is 2.43. The molecule has 1 atom stereocenters. The van der Waals surface area contributed by atoms with Crippen molar-refractivity contribution in [3.63, 3.8) is 0 Å². The van der Waals surface area contributed by atoms with Gasteiger partial charge in [0, 0.05) is 19.2 Å². The van der Waals surface area contributed by atoms with Gasteiger partial charge >= 0.3 is 12.3 Å². The average Bonchev–Trinajstić information content (AvgIpc) is 2.41. The molecule has 0 N–H and O–H groups in total. The Balaban J connectivity index is 2.35. The van der Waals surface area contributed by atoms with E-state index in [4.69, 9.17) is 0 Å². The first-order valence-electron chi connectivity index (χ1n) is 5.94. The van der Waals surface area contributed by atoms with Crippen LogP contribution in [0.2, 0.25) is 0 Å². The second-order valence-electron chi connectivity index (χ2n) is 4.68. The Kier molecular flexibility index (Phi) is 4.09. The van der Waals surface area contributed by atoms with E-state index in [1.807, 2.05) is 0 Å². The van der Waals surface area contributed by atoms with Crippen LogP contribution in [-0.2, 0) is 11.2 Å².